The first kappa shape index (κ1) is 22.5. The number of nitrogens with zero attached hydrogens (tertiary/aromatic N) is 2. The summed E-state index contributed by atoms with van der Waals surface area (Å²) in [6.07, 6.45) is 0.106. The molecule has 32 heavy (non-hydrogen) atoms. The Hall–Kier alpha value is -2.71. The molecule has 2 aromatic rings. The molecule has 1 N–H and O–H groups in total. The highest BCUT2D eigenvalue weighted by Crippen LogP contribution is 2.34. The van der Waals surface area contributed by atoms with E-state index >= 15 is 0 Å². The van der Waals surface area contributed by atoms with E-state index in [9.17, 15) is 18.0 Å². The van der Waals surface area contributed by atoms with E-state index in [0.717, 1.165) is 27.8 Å². The molecule has 0 aromatic heterocycles. The van der Waals surface area contributed by atoms with Crippen LogP contribution in [0, 0.1) is 27.7 Å². The zero-order valence-corrected chi connectivity index (χ0v) is 19.8. The lowest BCUT2D eigenvalue weighted by molar-refractivity contribution is -0.136. The highest BCUT2D eigenvalue weighted by Gasteiger charge is 2.37. The summed E-state index contributed by atoms with van der Waals surface area (Å²) in [6, 6.07) is 9.36. The topological polar surface area (TPSA) is 86.8 Å². The summed E-state index contributed by atoms with van der Waals surface area (Å²) in [4.78, 5) is 27.4. The van der Waals surface area contributed by atoms with Gasteiger partial charge < -0.3 is 10.2 Å². The Labute approximate surface area is 189 Å². The van der Waals surface area contributed by atoms with Crippen molar-refractivity contribution < 1.29 is 18.0 Å². The van der Waals surface area contributed by atoms with Gasteiger partial charge in [-0.2, -0.15) is 4.31 Å². The first-order valence-corrected chi connectivity index (χ1v) is 12.3. The quantitative estimate of drug-likeness (QED) is 0.771. The van der Waals surface area contributed by atoms with Gasteiger partial charge in [-0.15, -0.1) is 0 Å². The van der Waals surface area contributed by atoms with Gasteiger partial charge in [-0.05, 0) is 61.6 Å². The van der Waals surface area contributed by atoms with Crippen LogP contribution in [0.3, 0.4) is 0 Å². The van der Waals surface area contributed by atoms with Crippen LogP contribution in [0.5, 0.6) is 0 Å². The summed E-state index contributed by atoms with van der Waals surface area (Å²) in [5, 5.41) is 2.82. The molecule has 0 aliphatic carbocycles. The van der Waals surface area contributed by atoms with Crippen molar-refractivity contribution in [2.45, 2.75) is 44.9 Å². The molecule has 1 atom stereocenters. The lowest BCUT2D eigenvalue weighted by Crippen LogP contribution is -2.52. The highest BCUT2D eigenvalue weighted by molar-refractivity contribution is 7.89. The van der Waals surface area contributed by atoms with Crippen molar-refractivity contribution in [3.63, 3.8) is 0 Å². The Bertz CT molecular complexity index is 1170. The maximum Gasteiger partial charge on any atom is 0.243 e. The van der Waals surface area contributed by atoms with Crippen molar-refractivity contribution in [3.05, 3.63) is 58.1 Å². The van der Waals surface area contributed by atoms with Gasteiger partial charge in [0.25, 0.3) is 0 Å². The van der Waals surface area contributed by atoms with Gasteiger partial charge in [0.15, 0.2) is 0 Å². The molecule has 2 aliphatic heterocycles. The number of para-hydroxylation sites is 1. The number of nitrogens with one attached hydrogen (secondary N) is 1. The molecule has 2 aromatic carbocycles. The van der Waals surface area contributed by atoms with Crippen LogP contribution in [0.15, 0.2) is 35.2 Å². The van der Waals surface area contributed by atoms with E-state index in [2.05, 4.69) is 5.32 Å². The smallest absolute Gasteiger partial charge is 0.243 e. The lowest BCUT2D eigenvalue weighted by atomic mass is 9.89. The molecule has 1 fully saturated rings. The first-order chi connectivity index (χ1) is 15.1. The van der Waals surface area contributed by atoms with Crippen LogP contribution in [0.4, 0.5) is 5.69 Å². The third kappa shape index (κ3) is 3.82. The van der Waals surface area contributed by atoms with Gasteiger partial charge in [0, 0.05) is 38.3 Å². The third-order valence-electron chi connectivity index (χ3n) is 6.74. The second kappa shape index (κ2) is 8.33. The Kier molecular flexibility index (Phi) is 5.85. The summed E-state index contributed by atoms with van der Waals surface area (Å²) in [7, 11) is -3.67. The molecule has 170 valence electrons. The normalized spacial score (nSPS) is 19.4. The van der Waals surface area contributed by atoms with Crippen LogP contribution in [-0.2, 0) is 19.6 Å². The average molecular weight is 456 g/mol. The molecule has 2 aliphatic rings. The number of carbonyl (C=O) groups excluding carboxylic acids is 2. The number of rotatable bonds is 3. The first-order valence-electron chi connectivity index (χ1n) is 10.9. The van der Waals surface area contributed by atoms with Crippen LogP contribution in [0.1, 0.15) is 40.2 Å². The number of sulfonamides is 1. The van der Waals surface area contributed by atoms with Crippen molar-refractivity contribution in [1.29, 1.82) is 0 Å². The molecule has 7 nitrogen and oxygen atoms in total. The van der Waals surface area contributed by atoms with Gasteiger partial charge >= 0.3 is 0 Å². The Balaban J connectivity index is 1.53. The van der Waals surface area contributed by atoms with E-state index in [1.165, 1.54) is 4.31 Å². The van der Waals surface area contributed by atoms with E-state index < -0.39 is 15.9 Å². The standard InChI is InChI=1S/C24H29N3O4S/c1-15-13-16(2)18(4)23(17(15)3)32(30,31)27-11-9-26(10-12-27)24(29)20-14-22(28)25-21-8-6-5-7-19(20)21/h5-8,13,20H,9-12,14H2,1-4H3,(H,25,28)/t20-/m1/s1. The number of carbonyl (C=O) groups is 2. The summed E-state index contributed by atoms with van der Waals surface area (Å²) >= 11 is 0. The number of fused-ring (bicyclic) bond motifs is 1. The highest BCUT2D eigenvalue weighted by atomic mass is 32.2. The molecular weight excluding hydrogens is 426 g/mol. The number of anilines is 1. The molecule has 4 rings (SSSR count). The Morgan fingerprint density at radius 2 is 1.56 bits per heavy atom. The second-order valence-corrected chi connectivity index (χ2v) is 10.6. The fourth-order valence-corrected chi connectivity index (χ4v) is 6.70. The summed E-state index contributed by atoms with van der Waals surface area (Å²) in [5.74, 6) is -0.834. The van der Waals surface area contributed by atoms with Crippen molar-refractivity contribution >= 4 is 27.5 Å². The molecule has 0 unspecified atom stereocenters. The number of amides is 2. The van der Waals surface area contributed by atoms with Gasteiger partial charge in [-0.1, -0.05) is 24.3 Å². The van der Waals surface area contributed by atoms with Crippen molar-refractivity contribution in [2.24, 2.45) is 0 Å². The van der Waals surface area contributed by atoms with Crippen LogP contribution < -0.4 is 5.32 Å². The zero-order valence-electron chi connectivity index (χ0n) is 18.9. The predicted molar refractivity (Wildman–Crippen MR) is 123 cm³/mol. The molecular formula is C24H29N3O4S. The monoisotopic (exact) mass is 455 g/mol. The molecule has 0 bridgehead atoms. The molecule has 8 heteroatoms. The molecule has 2 heterocycles. The van der Waals surface area contributed by atoms with Crippen molar-refractivity contribution in [3.8, 4) is 0 Å². The van der Waals surface area contributed by atoms with Gasteiger partial charge in [0.2, 0.25) is 21.8 Å². The zero-order chi connectivity index (χ0) is 23.2. The third-order valence-corrected chi connectivity index (χ3v) is 8.92. The van der Waals surface area contributed by atoms with Crippen LogP contribution >= 0.6 is 0 Å². The Morgan fingerprint density at radius 1 is 0.969 bits per heavy atom. The maximum absolute atomic E-state index is 13.5. The molecule has 0 spiro atoms. The van der Waals surface area contributed by atoms with E-state index in [4.69, 9.17) is 0 Å². The second-order valence-electron chi connectivity index (χ2n) is 8.71. The van der Waals surface area contributed by atoms with Crippen molar-refractivity contribution in [2.75, 3.05) is 31.5 Å². The van der Waals surface area contributed by atoms with Gasteiger partial charge in [-0.25, -0.2) is 8.42 Å². The van der Waals surface area contributed by atoms with Gasteiger partial charge in [0.1, 0.15) is 0 Å². The minimum Gasteiger partial charge on any atom is -0.340 e. The minimum atomic E-state index is -3.67. The minimum absolute atomic E-state index is 0.106. The summed E-state index contributed by atoms with van der Waals surface area (Å²) in [6.45, 7) is 8.63. The Morgan fingerprint density at radius 3 is 2.19 bits per heavy atom. The van der Waals surface area contributed by atoms with Crippen LogP contribution in [0.25, 0.3) is 0 Å². The van der Waals surface area contributed by atoms with Crippen molar-refractivity contribution in [1.82, 2.24) is 9.21 Å². The number of aryl methyl sites for hydroxylation is 2. The van der Waals surface area contributed by atoms with E-state index in [1.54, 1.807) is 11.0 Å². The maximum atomic E-state index is 13.5. The SMILES string of the molecule is Cc1cc(C)c(C)c(S(=O)(=O)N2CCN(C(=O)[C@@H]3CC(=O)Nc4ccccc43)CC2)c1C. The molecule has 2 amide bonds. The lowest BCUT2D eigenvalue weighted by Gasteiger charge is -2.37. The summed E-state index contributed by atoms with van der Waals surface area (Å²) < 4.78 is 28.5. The van der Waals surface area contributed by atoms with Gasteiger partial charge in [0.05, 0.1) is 10.8 Å². The van der Waals surface area contributed by atoms with E-state index in [0.29, 0.717) is 23.7 Å². The van der Waals surface area contributed by atoms with E-state index in [-0.39, 0.29) is 31.3 Å². The number of hydrogen-bond donors (Lipinski definition) is 1. The van der Waals surface area contributed by atoms with Crippen LogP contribution in [-0.4, -0.2) is 55.6 Å². The fraction of sp³-hybridized carbons (Fsp3) is 0.417. The molecule has 0 saturated carbocycles. The van der Waals surface area contributed by atoms with E-state index in [1.807, 2.05) is 52.0 Å². The number of benzene rings is 2. The molecule has 0 radical (unpaired) electrons. The summed E-state index contributed by atoms with van der Waals surface area (Å²) in [5.41, 5.74) is 4.94. The molecule has 1 saturated heterocycles. The largest absolute Gasteiger partial charge is 0.340 e. The van der Waals surface area contributed by atoms with Gasteiger partial charge in [-0.3, -0.25) is 9.59 Å². The predicted octanol–water partition coefficient (Wildman–Crippen LogP) is 2.88. The average Bonchev–Trinajstić information content (AvgIpc) is 2.76. The fourth-order valence-electron chi connectivity index (χ4n) is 4.70. The number of hydrogen-bond acceptors (Lipinski definition) is 4. The number of piperazine rings is 1. The van der Waals surface area contributed by atoms with Crippen LogP contribution in [0.2, 0.25) is 0 Å².